The van der Waals surface area contributed by atoms with Crippen molar-refractivity contribution < 1.29 is 4.39 Å². The number of benzene rings is 1. The molecule has 1 aromatic heterocycles. The quantitative estimate of drug-likeness (QED) is 0.712. The lowest BCUT2D eigenvalue weighted by atomic mass is 10.1. The highest BCUT2D eigenvalue weighted by atomic mass is 32.1. The van der Waals surface area contributed by atoms with E-state index in [0.717, 1.165) is 5.56 Å². The minimum Gasteiger partial charge on any atom is -0.399 e. The second-order valence-electron chi connectivity index (χ2n) is 3.19. The predicted molar refractivity (Wildman–Crippen MR) is 58.9 cm³/mol. The van der Waals surface area contributed by atoms with Crippen LogP contribution in [-0.2, 0) is 0 Å². The molecule has 0 spiro atoms. The fourth-order valence-electron chi connectivity index (χ4n) is 1.35. The Kier molecular flexibility index (Phi) is 2.25. The number of aryl methyl sites for hydroxylation is 1. The van der Waals surface area contributed by atoms with Crippen molar-refractivity contribution in [2.45, 2.75) is 6.92 Å². The number of halogens is 1. The van der Waals surface area contributed by atoms with Gasteiger partial charge < -0.3 is 5.73 Å². The van der Waals surface area contributed by atoms with E-state index >= 15 is 0 Å². The summed E-state index contributed by atoms with van der Waals surface area (Å²) < 4.78 is 13.4. The van der Waals surface area contributed by atoms with Crippen molar-refractivity contribution >= 4 is 17.0 Å². The molecule has 2 rings (SSSR count). The largest absolute Gasteiger partial charge is 0.399 e. The average molecular weight is 207 g/mol. The van der Waals surface area contributed by atoms with E-state index in [1.54, 1.807) is 23.5 Å². The van der Waals surface area contributed by atoms with E-state index < -0.39 is 0 Å². The van der Waals surface area contributed by atoms with E-state index in [9.17, 15) is 4.39 Å². The number of thiophene rings is 1. The standard InChI is InChI=1S/C11H10FNS/c1-7-4-8(6-14-7)10-5-9(13)2-3-11(10)12/h2-6H,13H2,1H3. The minimum atomic E-state index is -0.225. The SMILES string of the molecule is Cc1cc(-c2cc(N)ccc2F)cs1. The molecule has 3 heteroatoms. The normalized spacial score (nSPS) is 10.4. The molecule has 72 valence electrons. The summed E-state index contributed by atoms with van der Waals surface area (Å²) >= 11 is 1.61. The van der Waals surface area contributed by atoms with Crippen LogP contribution < -0.4 is 5.73 Å². The summed E-state index contributed by atoms with van der Waals surface area (Å²) in [7, 11) is 0. The summed E-state index contributed by atoms with van der Waals surface area (Å²) in [6.07, 6.45) is 0. The Labute approximate surface area is 86.0 Å². The molecular weight excluding hydrogens is 197 g/mol. The predicted octanol–water partition coefficient (Wildman–Crippen LogP) is 3.44. The summed E-state index contributed by atoms with van der Waals surface area (Å²) in [5.41, 5.74) is 7.67. The van der Waals surface area contributed by atoms with Gasteiger partial charge in [0.15, 0.2) is 0 Å². The van der Waals surface area contributed by atoms with Crippen LogP contribution in [0.5, 0.6) is 0 Å². The topological polar surface area (TPSA) is 26.0 Å². The number of nitrogens with two attached hydrogens (primary N) is 1. The van der Waals surface area contributed by atoms with Crippen molar-refractivity contribution in [2.75, 3.05) is 5.73 Å². The van der Waals surface area contributed by atoms with Gasteiger partial charge >= 0.3 is 0 Å². The Hall–Kier alpha value is -1.35. The molecule has 0 saturated heterocycles. The number of hydrogen-bond donors (Lipinski definition) is 1. The Bertz CT molecular complexity index is 462. The number of rotatable bonds is 1. The number of hydrogen-bond acceptors (Lipinski definition) is 2. The third-order valence-corrected chi connectivity index (χ3v) is 2.89. The molecule has 1 heterocycles. The number of nitrogen functional groups attached to an aromatic ring is 1. The van der Waals surface area contributed by atoms with Gasteiger partial charge in [-0.1, -0.05) is 0 Å². The van der Waals surface area contributed by atoms with Gasteiger partial charge in [0.25, 0.3) is 0 Å². The van der Waals surface area contributed by atoms with E-state index in [2.05, 4.69) is 0 Å². The van der Waals surface area contributed by atoms with Gasteiger partial charge in [-0.3, -0.25) is 0 Å². The third kappa shape index (κ3) is 1.63. The first-order valence-corrected chi connectivity index (χ1v) is 5.15. The maximum absolute atomic E-state index is 13.4. The molecule has 2 N–H and O–H groups in total. The molecule has 0 fully saturated rings. The van der Waals surface area contributed by atoms with Crippen LogP contribution in [-0.4, -0.2) is 0 Å². The molecule has 1 aromatic carbocycles. The molecular formula is C11H10FNS. The smallest absolute Gasteiger partial charge is 0.131 e. The van der Waals surface area contributed by atoms with E-state index in [1.165, 1.54) is 10.9 Å². The van der Waals surface area contributed by atoms with Gasteiger partial charge in [0.2, 0.25) is 0 Å². The first kappa shape index (κ1) is 9.21. The maximum Gasteiger partial charge on any atom is 0.131 e. The third-order valence-electron chi connectivity index (χ3n) is 2.03. The van der Waals surface area contributed by atoms with Gasteiger partial charge in [-0.05, 0) is 42.1 Å². The maximum atomic E-state index is 13.4. The van der Waals surface area contributed by atoms with Crippen LogP contribution in [0, 0.1) is 12.7 Å². The van der Waals surface area contributed by atoms with Gasteiger partial charge in [0.05, 0.1) is 0 Å². The second-order valence-corrected chi connectivity index (χ2v) is 4.30. The van der Waals surface area contributed by atoms with Crippen LogP contribution in [0.25, 0.3) is 11.1 Å². The first-order chi connectivity index (χ1) is 6.66. The number of anilines is 1. The zero-order valence-electron chi connectivity index (χ0n) is 7.75. The zero-order chi connectivity index (χ0) is 10.1. The highest BCUT2D eigenvalue weighted by Crippen LogP contribution is 2.28. The average Bonchev–Trinajstić information content (AvgIpc) is 2.56. The van der Waals surface area contributed by atoms with Crippen LogP contribution in [0.1, 0.15) is 4.88 Å². The van der Waals surface area contributed by atoms with Gasteiger partial charge in [0.1, 0.15) is 5.82 Å². The molecule has 0 amide bonds. The van der Waals surface area contributed by atoms with Crippen molar-refractivity contribution in [2.24, 2.45) is 0 Å². The molecule has 0 radical (unpaired) electrons. The van der Waals surface area contributed by atoms with Gasteiger partial charge in [0, 0.05) is 16.1 Å². The molecule has 0 aliphatic rings. The summed E-state index contributed by atoms with van der Waals surface area (Å²) in [5.74, 6) is -0.225. The summed E-state index contributed by atoms with van der Waals surface area (Å²) in [4.78, 5) is 1.17. The first-order valence-electron chi connectivity index (χ1n) is 4.27. The van der Waals surface area contributed by atoms with Crippen molar-refractivity contribution in [3.63, 3.8) is 0 Å². The Morgan fingerprint density at radius 3 is 2.71 bits per heavy atom. The second kappa shape index (κ2) is 3.42. The van der Waals surface area contributed by atoms with E-state index in [0.29, 0.717) is 11.3 Å². The highest BCUT2D eigenvalue weighted by molar-refractivity contribution is 7.10. The lowest BCUT2D eigenvalue weighted by Crippen LogP contribution is -1.88. The zero-order valence-corrected chi connectivity index (χ0v) is 8.57. The molecule has 1 nitrogen and oxygen atoms in total. The Morgan fingerprint density at radius 1 is 1.29 bits per heavy atom. The van der Waals surface area contributed by atoms with Crippen molar-refractivity contribution in [3.05, 3.63) is 40.3 Å². The monoisotopic (exact) mass is 207 g/mol. The summed E-state index contributed by atoms with van der Waals surface area (Å²) in [5, 5.41) is 1.94. The van der Waals surface area contributed by atoms with Crippen molar-refractivity contribution in [1.29, 1.82) is 0 Å². The van der Waals surface area contributed by atoms with Crippen molar-refractivity contribution in [3.8, 4) is 11.1 Å². The van der Waals surface area contributed by atoms with Gasteiger partial charge in [-0.15, -0.1) is 11.3 Å². The Balaban J connectivity index is 2.55. The summed E-state index contributed by atoms with van der Waals surface area (Å²) in [6, 6.07) is 6.59. The van der Waals surface area contributed by atoms with Crippen LogP contribution in [0.3, 0.4) is 0 Å². The fraction of sp³-hybridized carbons (Fsp3) is 0.0909. The van der Waals surface area contributed by atoms with Crippen LogP contribution in [0.4, 0.5) is 10.1 Å². The molecule has 14 heavy (non-hydrogen) atoms. The van der Waals surface area contributed by atoms with Gasteiger partial charge in [-0.25, -0.2) is 4.39 Å². The van der Waals surface area contributed by atoms with Crippen LogP contribution in [0.15, 0.2) is 29.6 Å². The molecule has 0 bridgehead atoms. The summed E-state index contributed by atoms with van der Waals surface area (Å²) in [6.45, 7) is 2.00. The highest BCUT2D eigenvalue weighted by Gasteiger charge is 2.06. The van der Waals surface area contributed by atoms with E-state index in [1.807, 2.05) is 18.4 Å². The molecule has 0 atom stereocenters. The molecule has 2 aromatic rings. The Morgan fingerprint density at radius 2 is 2.07 bits per heavy atom. The fourth-order valence-corrected chi connectivity index (χ4v) is 2.05. The van der Waals surface area contributed by atoms with Gasteiger partial charge in [-0.2, -0.15) is 0 Å². The van der Waals surface area contributed by atoms with Crippen molar-refractivity contribution in [1.82, 2.24) is 0 Å². The lowest BCUT2D eigenvalue weighted by Gasteiger charge is -2.01. The minimum absolute atomic E-state index is 0.225. The molecule has 0 saturated carbocycles. The lowest BCUT2D eigenvalue weighted by molar-refractivity contribution is 0.631. The molecule has 0 unspecified atom stereocenters. The van der Waals surface area contributed by atoms with Crippen LogP contribution >= 0.6 is 11.3 Å². The van der Waals surface area contributed by atoms with Crippen LogP contribution in [0.2, 0.25) is 0 Å². The van der Waals surface area contributed by atoms with E-state index in [-0.39, 0.29) is 5.82 Å². The molecule has 0 aliphatic carbocycles. The van der Waals surface area contributed by atoms with E-state index in [4.69, 9.17) is 5.73 Å². The molecule has 0 aliphatic heterocycles.